The second kappa shape index (κ2) is 11.7. The first-order valence-corrected chi connectivity index (χ1v) is 23.1. The van der Waals surface area contributed by atoms with Crippen molar-refractivity contribution in [1.82, 2.24) is 9.55 Å². The highest BCUT2D eigenvalue weighted by atomic mass is 28.4. The number of hydrogen-bond acceptors (Lipinski definition) is 7. The molecule has 1 aromatic rings. The maximum absolute atomic E-state index is 13.2. The molecule has 2 heterocycles. The summed E-state index contributed by atoms with van der Waals surface area (Å²) in [4.78, 5) is 27.7. The number of ether oxygens (including phenoxy) is 1. The topological polar surface area (TPSA) is 112 Å². The van der Waals surface area contributed by atoms with Gasteiger partial charge in [-0.05, 0) is 54.4 Å². The van der Waals surface area contributed by atoms with Gasteiger partial charge in [-0.3, -0.25) is 14.3 Å². The van der Waals surface area contributed by atoms with Gasteiger partial charge in [0.15, 0.2) is 31.2 Å². The molecule has 1 saturated heterocycles. The van der Waals surface area contributed by atoms with Crippen LogP contribution in [0.4, 0.5) is 0 Å². The van der Waals surface area contributed by atoms with Gasteiger partial charge in [0.2, 0.25) is 0 Å². The Bertz CT molecular complexity index is 1140. The van der Waals surface area contributed by atoms with Gasteiger partial charge in [-0.25, -0.2) is 4.79 Å². The van der Waals surface area contributed by atoms with Gasteiger partial charge in [0.1, 0.15) is 18.3 Å². The van der Waals surface area contributed by atoms with E-state index >= 15 is 0 Å². The Morgan fingerprint density at radius 2 is 1.27 bits per heavy atom. The first-order valence-electron chi connectivity index (χ1n) is 14.4. The third kappa shape index (κ3) is 7.55. The van der Waals surface area contributed by atoms with E-state index in [-0.39, 0.29) is 27.4 Å². The minimum Gasteiger partial charge on any atom is -0.414 e. The average Bonchev–Trinajstić information content (AvgIpc) is 3.05. The molecule has 0 unspecified atom stereocenters. The second-order valence-electron chi connectivity index (χ2n) is 15.8. The van der Waals surface area contributed by atoms with Crippen LogP contribution in [-0.4, -0.2) is 64.5 Å². The Morgan fingerprint density at radius 3 is 1.70 bits per heavy atom. The van der Waals surface area contributed by atoms with Crippen LogP contribution in [0.3, 0.4) is 0 Å². The van der Waals surface area contributed by atoms with Gasteiger partial charge in [-0.15, -0.1) is 0 Å². The molecule has 0 aliphatic carbocycles. The standard InChI is InChI=1S/C28H56N2O7Si3/c1-26(2,3)38(10,11)34-18-20-22(36-39(12,13)27(4,5)6)23(37-40(14,15)28(7,8)9)24(35-20)30-19(17-31)16-21(32)29-25(30)33/h16,20,22-24,31H,17-18H2,1-15H3,(H,29,32,33)/t20-,22-,23-,24-/m1/s1. The summed E-state index contributed by atoms with van der Waals surface area (Å²) in [5, 5.41) is 9.95. The van der Waals surface area contributed by atoms with Gasteiger partial charge in [0.25, 0.3) is 5.56 Å². The fourth-order valence-electron chi connectivity index (χ4n) is 3.81. The summed E-state index contributed by atoms with van der Waals surface area (Å²) in [7, 11) is -6.90. The van der Waals surface area contributed by atoms with E-state index in [0.29, 0.717) is 0 Å². The van der Waals surface area contributed by atoms with Gasteiger partial charge >= 0.3 is 5.69 Å². The van der Waals surface area contributed by atoms with E-state index < -0.39 is 67.3 Å². The third-order valence-electron chi connectivity index (χ3n) is 9.65. The van der Waals surface area contributed by atoms with Crippen molar-refractivity contribution in [2.45, 2.75) is 148 Å². The molecule has 0 bridgehead atoms. The Balaban J connectivity index is 2.75. The number of aliphatic hydroxyl groups excluding tert-OH is 1. The molecule has 4 atom stereocenters. The molecule has 232 valence electrons. The van der Waals surface area contributed by atoms with E-state index in [0.717, 1.165) is 0 Å². The molecular weight excluding hydrogens is 561 g/mol. The van der Waals surface area contributed by atoms with Gasteiger partial charge < -0.3 is 23.1 Å². The normalized spacial score (nSPS) is 23.6. The fraction of sp³-hybridized carbons (Fsp3) is 0.857. The largest absolute Gasteiger partial charge is 0.414 e. The number of nitrogens with one attached hydrogen (secondary N) is 1. The molecule has 9 nitrogen and oxygen atoms in total. The monoisotopic (exact) mass is 616 g/mol. The lowest BCUT2D eigenvalue weighted by molar-refractivity contribution is -0.0534. The summed E-state index contributed by atoms with van der Waals surface area (Å²) in [6, 6.07) is 1.23. The van der Waals surface area contributed by atoms with Crippen molar-refractivity contribution in [2.24, 2.45) is 0 Å². The SMILES string of the molecule is CC(C)(C)[Si](C)(C)OC[C@H]1O[C@@H](n2c(CO)cc(=O)[nH]c2=O)[C@H](O[Si](C)(C)C(C)(C)C)[C@@H]1O[Si](C)(C)C(C)(C)C. The van der Waals surface area contributed by atoms with Crippen LogP contribution in [0.25, 0.3) is 0 Å². The van der Waals surface area contributed by atoms with Gasteiger partial charge in [-0.1, -0.05) is 62.3 Å². The van der Waals surface area contributed by atoms with Gasteiger partial charge in [-0.2, -0.15) is 0 Å². The lowest BCUT2D eigenvalue weighted by Gasteiger charge is -2.44. The van der Waals surface area contributed by atoms with E-state index in [4.69, 9.17) is 18.0 Å². The first-order chi connectivity index (χ1) is 17.8. The number of nitrogens with zero attached hydrogens (tertiary/aromatic N) is 1. The van der Waals surface area contributed by atoms with Crippen LogP contribution in [0, 0.1) is 0 Å². The molecule has 2 N–H and O–H groups in total. The highest BCUT2D eigenvalue weighted by Gasteiger charge is 2.55. The highest BCUT2D eigenvalue weighted by molar-refractivity contribution is 6.75. The van der Waals surface area contributed by atoms with Crippen LogP contribution in [0.2, 0.25) is 54.4 Å². The van der Waals surface area contributed by atoms with E-state index in [2.05, 4.69) is 107 Å². The molecule has 1 aliphatic heterocycles. The molecule has 1 aromatic heterocycles. The van der Waals surface area contributed by atoms with Crippen LogP contribution in [0.1, 0.15) is 74.2 Å². The van der Waals surface area contributed by atoms with Gasteiger partial charge in [0, 0.05) is 6.07 Å². The van der Waals surface area contributed by atoms with Crippen LogP contribution in [-0.2, 0) is 24.6 Å². The second-order valence-corrected chi connectivity index (χ2v) is 30.1. The highest BCUT2D eigenvalue weighted by Crippen LogP contribution is 2.46. The van der Waals surface area contributed by atoms with Crippen molar-refractivity contribution in [3.05, 3.63) is 32.6 Å². The zero-order valence-electron chi connectivity index (χ0n) is 27.6. The molecule has 2 rings (SSSR count). The quantitative estimate of drug-likeness (QED) is 0.341. The average molecular weight is 617 g/mol. The summed E-state index contributed by atoms with van der Waals surface area (Å²) in [5.41, 5.74) is -1.06. The molecule has 0 aromatic carbocycles. The van der Waals surface area contributed by atoms with Crippen molar-refractivity contribution in [1.29, 1.82) is 0 Å². The maximum Gasteiger partial charge on any atom is 0.330 e. The van der Waals surface area contributed by atoms with E-state index in [1.165, 1.54) is 10.6 Å². The lowest BCUT2D eigenvalue weighted by Crippen LogP contribution is -2.55. The number of aromatic nitrogens is 2. The van der Waals surface area contributed by atoms with Crippen LogP contribution < -0.4 is 11.2 Å². The predicted molar refractivity (Wildman–Crippen MR) is 168 cm³/mol. The fourth-order valence-corrected chi connectivity index (χ4v) is 7.43. The van der Waals surface area contributed by atoms with Crippen molar-refractivity contribution in [3.63, 3.8) is 0 Å². The van der Waals surface area contributed by atoms with Crippen LogP contribution in [0.15, 0.2) is 15.7 Å². The Hall–Kier alpha value is -0.869. The number of H-pyrrole nitrogens is 1. The maximum atomic E-state index is 13.2. The molecule has 1 fully saturated rings. The zero-order chi connectivity index (χ0) is 31.3. The van der Waals surface area contributed by atoms with E-state index in [1.807, 2.05) is 0 Å². The molecule has 12 heteroatoms. The van der Waals surface area contributed by atoms with Crippen LogP contribution >= 0.6 is 0 Å². The van der Waals surface area contributed by atoms with E-state index in [1.54, 1.807) is 0 Å². The van der Waals surface area contributed by atoms with Gasteiger partial charge in [0.05, 0.1) is 18.9 Å². The summed E-state index contributed by atoms with van der Waals surface area (Å²) in [6.45, 7) is 32.5. The number of aromatic amines is 1. The number of hydrogen-bond donors (Lipinski definition) is 2. The molecule has 1 aliphatic rings. The smallest absolute Gasteiger partial charge is 0.330 e. The molecule has 0 radical (unpaired) electrons. The van der Waals surface area contributed by atoms with Crippen LogP contribution in [0.5, 0.6) is 0 Å². The lowest BCUT2D eigenvalue weighted by atomic mass is 10.1. The third-order valence-corrected chi connectivity index (χ3v) is 23.1. The predicted octanol–water partition coefficient (Wildman–Crippen LogP) is 5.73. The Labute approximate surface area is 244 Å². The minimum atomic E-state index is -2.41. The Morgan fingerprint density at radius 1 is 0.825 bits per heavy atom. The number of aliphatic hydroxyl groups is 1. The summed E-state index contributed by atoms with van der Waals surface area (Å²) in [6.07, 6.45) is -2.61. The van der Waals surface area contributed by atoms with Crippen molar-refractivity contribution >= 4 is 25.0 Å². The van der Waals surface area contributed by atoms with Crippen molar-refractivity contribution in [3.8, 4) is 0 Å². The molecule has 0 spiro atoms. The van der Waals surface area contributed by atoms with Crippen molar-refractivity contribution < 1.29 is 23.1 Å². The molecule has 0 saturated carbocycles. The minimum absolute atomic E-state index is 0.00224. The number of rotatable bonds is 9. The summed E-state index contributed by atoms with van der Waals surface area (Å²) in [5.74, 6) is 0. The Kier molecular flexibility index (Phi) is 10.3. The van der Waals surface area contributed by atoms with Crippen molar-refractivity contribution in [2.75, 3.05) is 6.61 Å². The first kappa shape index (κ1) is 35.3. The zero-order valence-corrected chi connectivity index (χ0v) is 30.6. The molecule has 40 heavy (non-hydrogen) atoms. The van der Waals surface area contributed by atoms with E-state index in [9.17, 15) is 14.7 Å². The summed E-state index contributed by atoms with van der Waals surface area (Å²) < 4.78 is 28.8. The molecule has 0 amide bonds. The molecular formula is C28H56N2O7Si3. The summed E-state index contributed by atoms with van der Waals surface area (Å²) >= 11 is 0.